The molecule has 0 aliphatic carbocycles. The second kappa shape index (κ2) is 9.56. The van der Waals surface area contributed by atoms with Gasteiger partial charge in [0.15, 0.2) is 8.32 Å². The molecule has 0 bridgehead atoms. The van der Waals surface area contributed by atoms with Gasteiger partial charge in [0, 0.05) is 54.3 Å². The van der Waals surface area contributed by atoms with E-state index in [4.69, 9.17) is 16.0 Å². The molecular formula is C18H29Br2ClN2OSi. The van der Waals surface area contributed by atoms with Crippen molar-refractivity contribution in [2.24, 2.45) is 0 Å². The second-order valence-corrected chi connectivity index (χ2v) is 14.3. The van der Waals surface area contributed by atoms with Crippen LogP contribution in [0.5, 0.6) is 0 Å². The maximum absolute atomic E-state index is 6.48. The Morgan fingerprint density at radius 2 is 1.84 bits per heavy atom. The monoisotopic (exact) mass is 510 g/mol. The van der Waals surface area contributed by atoms with E-state index in [1.54, 1.807) is 0 Å². The second-order valence-electron chi connectivity index (χ2n) is 7.50. The quantitative estimate of drug-likeness (QED) is 0.333. The number of nitrogens with zero attached hydrogens (tertiary/aromatic N) is 2. The Morgan fingerprint density at radius 3 is 2.40 bits per heavy atom. The number of benzene rings is 1. The van der Waals surface area contributed by atoms with E-state index in [0.29, 0.717) is 0 Å². The molecule has 1 saturated heterocycles. The Balaban J connectivity index is 1.95. The van der Waals surface area contributed by atoms with Crippen molar-refractivity contribution in [3.05, 3.63) is 27.2 Å². The van der Waals surface area contributed by atoms with Crippen LogP contribution in [-0.4, -0.2) is 52.5 Å². The standard InChI is InChI=1S/C18H29Br2ClN2OSi/c1-5-16(19)15-12-14(13-17(20)18(15)21)23-8-6-22(7-9-23)10-11-24-25(2,3)4/h12-13,16H,5-11H2,1-4H3. The summed E-state index contributed by atoms with van der Waals surface area (Å²) in [6, 6.07) is 4.38. The minimum atomic E-state index is -1.40. The maximum atomic E-state index is 6.48. The molecule has 0 aromatic heterocycles. The highest BCUT2D eigenvalue weighted by molar-refractivity contribution is 9.10. The van der Waals surface area contributed by atoms with Crippen LogP contribution in [-0.2, 0) is 4.43 Å². The summed E-state index contributed by atoms with van der Waals surface area (Å²) in [6.45, 7) is 15.0. The highest BCUT2D eigenvalue weighted by Gasteiger charge is 2.21. The first-order valence-corrected chi connectivity index (χ1v) is 14.4. The van der Waals surface area contributed by atoms with E-state index in [9.17, 15) is 0 Å². The molecule has 0 amide bonds. The fourth-order valence-electron chi connectivity index (χ4n) is 2.94. The zero-order valence-corrected chi connectivity index (χ0v) is 20.5. The van der Waals surface area contributed by atoms with Gasteiger partial charge in [-0.15, -0.1) is 0 Å². The summed E-state index contributed by atoms with van der Waals surface area (Å²) in [6.07, 6.45) is 1.01. The molecule has 2 rings (SSSR count). The van der Waals surface area contributed by atoms with Gasteiger partial charge in [-0.05, 0) is 59.7 Å². The van der Waals surface area contributed by atoms with Crippen molar-refractivity contribution in [2.45, 2.75) is 37.8 Å². The summed E-state index contributed by atoms with van der Waals surface area (Å²) in [4.78, 5) is 5.24. The van der Waals surface area contributed by atoms with Gasteiger partial charge in [0.1, 0.15) is 0 Å². The first-order chi connectivity index (χ1) is 11.7. The molecule has 1 aromatic rings. The lowest BCUT2D eigenvalue weighted by atomic mass is 10.1. The Bertz CT molecular complexity index is 575. The predicted octanol–water partition coefficient (Wildman–Crippen LogP) is 5.92. The predicted molar refractivity (Wildman–Crippen MR) is 119 cm³/mol. The number of halogens is 3. The Labute approximate surface area is 175 Å². The Kier molecular flexibility index (Phi) is 8.30. The molecule has 0 spiro atoms. The number of hydrogen-bond acceptors (Lipinski definition) is 3. The molecule has 25 heavy (non-hydrogen) atoms. The molecule has 1 aromatic carbocycles. The minimum absolute atomic E-state index is 0.288. The van der Waals surface area contributed by atoms with E-state index in [1.165, 1.54) is 11.3 Å². The molecule has 1 aliphatic rings. The highest BCUT2D eigenvalue weighted by Crippen LogP contribution is 2.39. The first kappa shape index (κ1) is 21.7. The summed E-state index contributed by atoms with van der Waals surface area (Å²) in [5, 5.41) is 0.814. The molecule has 1 unspecified atom stereocenters. The maximum Gasteiger partial charge on any atom is 0.183 e. The molecule has 0 radical (unpaired) electrons. The highest BCUT2D eigenvalue weighted by atomic mass is 79.9. The lowest BCUT2D eigenvalue weighted by molar-refractivity contribution is 0.197. The molecule has 0 N–H and O–H groups in total. The van der Waals surface area contributed by atoms with Gasteiger partial charge in [-0.2, -0.15) is 0 Å². The number of piperazine rings is 1. The average Bonchev–Trinajstić information content (AvgIpc) is 2.56. The van der Waals surface area contributed by atoms with Crippen LogP contribution in [0.2, 0.25) is 24.7 Å². The van der Waals surface area contributed by atoms with Gasteiger partial charge in [-0.3, -0.25) is 4.90 Å². The van der Waals surface area contributed by atoms with Gasteiger partial charge in [-0.25, -0.2) is 0 Å². The third-order valence-electron chi connectivity index (χ3n) is 4.42. The topological polar surface area (TPSA) is 15.7 Å². The van der Waals surface area contributed by atoms with Gasteiger partial charge in [-0.1, -0.05) is 34.5 Å². The Morgan fingerprint density at radius 1 is 1.20 bits per heavy atom. The molecular weight excluding hydrogens is 484 g/mol. The summed E-state index contributed by atoms with van der Waals surface area (Å²) >= 11 is 13.8. The van der Waals surface area contributed by atoms with E-state index in [-0.39, 0.29) is 4.83 Å². The van der Waals surface area contributed by atoms with Crippen molar-refractivity contribution in [2.75, 3.05) is 44.2 Å². The van der Waals surface area contributed by atoms with E-state index >= 15 is 0 Å². The van der Waals surface area contributed by atoms with Crippen LogP contribution in [0.4, 0.5) is 5.69 Å². The molecule has 1 fully saturated rings. The third-order valence-corrected chi connectivity index (χ3v) is 7.90. The third kappa shape index (κ3) is 6.50. The van der Waals surface area contributed by atoms with Crippen molar-refractivity contribution in [1.82, 2.24) is 4.90 Å². The van der Waals surface area contributed by atoms with Crippen LogP contribution in [0.25, 0.3) is 0 Å². The lowest BCUT2D eigenvalue weighted by Crippen LogP contribution is -2.47. The molecule has 1 aliphatic heterocycles. The Hall–Kier alpha value is 0.407. The van der Waals surface area contributed by atoms with E-state index < -0.39 is 8.32 Å². The van der Waals surface area contributed by atoms with Gasteiger partial charge in [0.25, 0.3) is 0 Å². The van der Waals surface area contributed by atoms with Gasteiger partial charge in [0.05, 0.1) is 5.02 Å². The molecule has 1 atom stereocenters. The normalized spacial score (nSPS) is 17.8. The van der Waals surface area contributed by atoms with Gasteiger partial charge >= 0.3 is 0 Å². The molecule has 142 valence electrons. The van der Waals surface area contributed by atoms with Crippen LogP contribution in [0.1, 0.15) is 23.7 Å². The van der Waals surface area contributed by atoms with Crippen LogP contribution < -0.4 is 4.90 Å². The minimum Gasteiger partial charge on any atom is -0.416 e. The number of rotatable bonds is 7. The fourth-order valence-corrected chi connectivity index (χ4v) is 4.84. The van der Waals surface area contributed by atoms with Crippen LogP contribution in [0.15, 0.2) is 16.6 Å². The van der Waals surface area contributed by atoms with Crippen LogP contribution >= 0.6 is 43.5 Å². The zero-order valence-electron chi connectivity index (χ0n) is 15.6. The summed E-state index contributed by atoms with van der Waals surface area (Å²) in [7, 11) is -1.40. The van der Waals surface area contributed by atoms with E-state index in [2.05, 4.69) is 80.4 Å². The van der Waals surface area contributed by atoms with Crippen molar-refractivity contribution >= 4 is 57.5 Å². The summed E-state index contributed by atoms with van der Waals surface area (Å²) < 4.78 is 6.96. The van der Waals surface area contributed by atoms with Gasteiger partial charge in [0.2, 0.25) is 0 Å². The largest absolute Gasteiger partial charge is 0.416 e. The van der Waals surface area contributed by atoms with Crippen molar-refractivity contribution in [1.29, 1.82) is 0 Å². The smallest absolute Gasteiger partial charge is 0.183 e. The van der Waals surface area contributed by atoms with E-state index in [1.807, 2.05) is 0 Å². The van der Waals surface area contributed by atoms with Crippen LogP contribution in [0.3, 0.4) is 0 Å². The molecule has 1 heterocycles. The number of hydrogen-bond donors (Lipinski definition) is 0. The molecule has 3 nitrogen and oxygen atoms in total. The summed E-state index contributed by atoms with van der Waals surface area (Å²) in [5.41, 5.74) is 2.42. The van der Waals surface area contributed by atoms with Crippen molar-refractivity contribution in [3.8, 4) is 0 Å². The number of anilines is 1. The average molecular weight is 513 g/mol. The molecule has 7 heteroatoms. The van der Waals surface area contributed by atoms with Gasteiger partial charge < -0.3 is 9.33 Å². The zero-order chi connectivity index (χ0) is 18.6. The van der Waals surface area contributed by atoms with Crippen LogP contribution in [0, 0.1) is 0 Å². The summed E-state index contributed by atoms with van der Waals surface area (Å²) in [5.74, 6) is 0. The first-order valence-electron chi connectivity index (χ1n) is 8.95. The SMILES string of the molecule is CCC(Br)c1cc(N2CCN(CCO[Si](C)(C)C)CC2)cc(Br)c1Cl. The lowest BCUT2D eigenvalue weighted by Gasteiger charge is -2.37. The molecule has 0 saturated carbocycles. The fraction of sp³-hybridized carbons (Fsp3) is 0.667. The number of alkyl halides is 1. The van der Waals surface area contributed by atoms with Crippen molar-refractivity contribution in [3.63, 3.8) is 0 Å². The van der Waals surface area contributed by atoms with Crippen molar-refractivity contribution < 1.29 is 4.43 Å². The van der Waals surface area contributed by atoms with E-state index in [0.717, 1.165) is 55.2 Å².